The maximum atomic E-state index is 4.85. The molecule has 2 aliphatic carbocycles. The molecular formula is C31H34N2S2. The number of hydrogen-bond acceptors (Lipinski definition) is 4. The molecule has 1 aliphatic heterocycles. The summed E-state index contributed by atoms with van der Waals surface area (Å²) in [6.45, 7) is 14.1. The number of benzene rings is 1. The van der Waals surface area contributed by atoms with Gasteiger partial charge in [0.05, 0.1) is 15.9 Å². The van der Waals surface area contributed by atoms with Gasteiger partial charge in [0.25, 0.3) is 0 Å². The van der Waals surface area contributed by atoms with E-state index in [0.29, 0.717) is 17.1 Å². The summed E-state index contributed by atoms with van der Waals surface area (Å²) in [6.07, 6.45) is 15.7. The van der Waals surface area contributed by atoms with E-state index in [1.165, 1.54) is 48.4 Å². The van der Waals surface area contributed by atoms with Gasteiger partial charge in [0.15, 0.2) is 0 Å². The Labute approximate surface area is 217 Å². The Morgan fingerprint density at radius 2 is 1.94 bits per heavy atom. The van der Waals surface area contributed by atoms with E-state index in [0.717, 1.165) is 23.5 Å². The molecule has 3 atom stereocenters. The lowest BCUT2D eigenvalue weighted by molar-refractivity contribution is 0.445. The van der Waals surface area contributed by atoms with Crippen LogP contribution in [0.25, 0.3) is 25.9 Å². The van der Waals surface area contributed by atoms with Gasteiger partial charge in [-0.15, -0.1) is 23.1 Å². The highest BCUT2D eigenvalue weighted by molar-refractivity contribution is 8.00. The minimum atomic E-state index is 0.113. The van der Waals surface area contributed by atoms with Gasteiger partial charge in [-0.25, -0.2) is 9.97 Å². The van der Waals surface area contributed by atoms with Crippen molar-refractivity contribution in [3.05, 3.63) is 71.2 Å². The lowest BCUT2D eigenvalue weighted by atomic mass is 9.69. The van der Waals surface area contributed by atoms with Crippen molar-refractivity contribution in [3.8, 4) is 0 Å². The van der Waals surface area contributed by atoms with Crippen LogP contribution in [0.1, 0.15) is 71.6 Å². The highest BCUT2D eigenvalue weighted by atomic mass is 32.2. The van der Waals surface area contributed by atoms with Crippen LogP contribution in [0.15, 0.2) is 64.9 Å². The predicted molar refractivity (Wildman–Crippen MR) is 153 cm³/mol. The number of nitrogens with zero attached hydrogens (tertiary/aromatic N) is 2. The Hall–Kier alpha value is -2.17. The van der Waals surface area contributed by atoms with Crippen LogP contribution < -0.4 is 0 Å². The Morgan fingerprint density at radius 3 is 2.71 bits per heavy atom. The number of thioether (sulfide) groups is 1. The third kappa shape index (κ3) is 3.94. The molecule has 0 N–H and O–H groups in total. The standard InChI is InChI=1S/C31H34N2S2/c1-17(2)11-25-18(3)22-14-27-23(15-26(22)34-25)29-30(35-27)28(32-16-33-29)20-12-19-9-7-8-10-21(19)24(13-20)31(4,5)6/h7-9,12-18,21,25H,10-11H2,1-6H3. The molecule has 180 valence electrons. The van der Waals surface area contributed by atoms with Crippen LogP contribution in [0.2, 0.25) is 0 Å². The van der Waals surface area contributed by atoms with E-state index >= 15 is 0 Å². The van der Waals surface area contributed by atoms with Crippen LogP contribution in [-0.4, -0.2) is 15.2 Å². The summed E-state index contributed by atoms with van der Waals surface area (Å²) in [7, 11) is 0. The number of allylic oxidation sites excluding steroid dienone is 8. The van der Waals surface area contributed by atoms with Crippen LogP contribution in [0.4, 0.5) is 0 Å². The minimum absolute atomic E-state index is 0.113. The predicted octanol–water partition coefficient (Wildman–Crippen LogP) is 9.34. The van der Waals surface area contributed by atoms with Crippen LogP contribution >= 0.6 is 23.1 Å². The average Bonchev–Trinajstić information content (AvgIpc) is 3.32. The quantitative estimate of drug-likeness (QED) is 0.360. The SMILES string of the molecule is CC(C)CC1Sc2cc3c(cc2C1C)sc1c(C2=CC4=CC=CCC4C(C(C)(C)C)=C2)ncnc13. The van der Waals surface area contributed by atoms with Crippen molar-refractivity contribution in [2.75, 3.05) is 0 Å². The number of rotatable bonds is 3. The average molecular weight is 499 g/mol. The summed E-state index contributed by atoms with van der Waals surface area (Å²) in [6, 6.07) is 4.87. The van der Waals surface area contributed by atoms with Crippen LogP contribution in [0.5, 0.6) is 0 Å². The molecule has 35 heavy (non-hydrogen) atoms. The molecular weight excluding hydrogens is 464 g/mol. The van der Waals surface area contributed by atoms with Crippen molar-refractivity contribution in [1.82, 2.24) is 9.97 Å². The maximum Gasteiger partial charge on any atom is 0.116 e. The van der Waals surface area contributed by atoms with Gasteiger partial charge in [-0.2, -0.15) is 0 Å². The highest BCUT2D eigenvalue weighted by Gasteiger charge is 2.33. The third-order valence-corrected chi connectivity index (χ3v) is 10.4. The zero-order valence-electron chi connectivity index (χ0n) is 21.6. The van der Waals surface area contributed by atoms with Crippen molar-refractivity contribution in [3.63, 3.8) is 0 Å². The normalized spacial score (nSPS) is 24.0. The molecule has 2 aromatic heterocycles. The molecule has 0 fully saturated rings. The zero-order chi connectivity index (χ0) is 24.5. The zero-order valence-corrected chi connectivity index (χ0v) is 23.2. The molecule has 6 rings (SSSR count). The third-order valence-electron chi connectivity index (χ3n) is 7.76. The molecule has 2 nitrogen and oxygen atoms in total. The van der Waals surface area contributed by atoms with Gasteiger partial charge < -0.3 is 0 Å². The molecule has 4 heteroatoms. The first-order chi connectivity index (χ1) is 16.7. The molecule has 0 spiro atoms. The second kappa shape index (κ2) is 8.45. The summed E-state index contributed by atoms with van der Waals surface area (Å²) in [5.74, 6) is 1.80. The fourth-order valence-corrected chi connectivity index (χ4v) is 8.85. The summed E-state index contributed by atoms with van der Waals surface area (Å²) in [5.41, 5.74) is 7.93. The Kier molecular flexibility index (Phi) is 5.61. The lowest BCUT2D eigenvalue weighted by Gasteiger charge is -2.35. The molecule has 0 amide bonds. The smallest absolute Gasteiger partial charge is 0.116 e. The van der Waals surface area contributed by atoms with Crippen molar-refractivity contribution >= 4 is 49.0 Å². The summed E-state index contributed by atoms with van der Waals surface area (Å²) >= 11 is 3.94. The first-order valence-electron chi connectivity index (χ1n) is 12.9. The summed E-state index contributed by atoms with van der Waals surface area (Å²) in [4.78, 5) is 11.1. The molecule has 0 radical (unpaired) electrons. The fraction of sp³-hybridized carbons (Fsp3) is 0.419. The van der Waals surface area contributed by atoms with E-state index in [2.05, 4.69) is 95.8 Å². The van der Waals surface area contributed by atoms with E-state index in [9.17, 15) is 0 Å². The lowest BCUT2D eigenvalue weighted by Crippen LogP contribution is -2.22. The Bertz CT molecular complexity index is 1460. The van der Waals surface area contributed by atoms with Gasteiger partial charge in [0.2, 0.25) is 0 Å². The maximum absolute atomic E-state index is 4.85. The van der Waals surface area contributed by atoms with E-state index in [1.807, 2.05) is 11.3 Å². The monoisotopic (exact) mass is 498 g/mol. The molecule has 0 saturated heterocycles. The van der Waals surface area contributed by atoms with Crippen LogP contribution in [0, 0.1) is 17.3 Å². The van der Waals surface area contributed by atoms with Gasteiger partial charge in [-0.05, 0) is 59.4 Å². The van der Waals surface area contributed by atoms with E-state index in [-0.39, 0.29) is 5.41 Å². The van der Waals surface area contributed by atoms with Crippen molar-refractivity contribution in [2.45, 2.75) is 70.4 Å². The Balaban J connectivity index is 1.49. The second-order valence-electron chi connectivity index (χ2n) is 11.8. The second-order valence-corrected chi connectivity index (χ2v) is 14.1. The largest absolute Gasteiger partial charge is 0.235 e. The van der Waals surface area contributed by atoms with Crippen molar-refractivity contribution in [2.24, 2.45) is 17.3 Å². The fourth-order valence-electron chi connectivity index (χ4n) is 5.93. The van der Waals surface area contributed by atoms with Crippen molar-refractivity contribution < 1.29 is 0 Å². The van der Waals surface area contributed by atoms with E-state index in [1.54, 1.807) is 6.33 Å². The molecule has 3 unspecified atom stereocenters. The Morgan fingerprint density at radius 1 is 1.11 bits per heavy atom. The number of fused-ring (bicyclic) bond motifs is 5. The summed E-state index contributed by atoms with van der Waals surface area (Å²) in [5, 5.41) is 1.96. The minimum Gasteiger partial charge on any atom is -0.235 e. The first kappa shape index (κ1) is 23.2. The molecule has 0 saturated carbocycles. The van der Waals surface area contributed by atoms with E-state index in [4.69, 9.17) is 9.97 Å². The number of aromatic nitrogens is 2. The van der Waals surface area contributed by atoms with Crippen LogP contribution in [0.3, 0.4) is 0 Å². The van der Waals surface area contributed by atoms with Gasteiger partial charge >= 0.3 is 0 Å². The molecule has 3 aromatic rings. The van der Waals surface area contributed by atoms with Crippen molar-refractivity contribution in [1.29, 1.82) is 0 Å². The van der Waals surface area contributed by atoms with Gasteiger partial charge in [0.1, 0.15) is 6.33 Å². The molecule has 0 bridgehead atoms. The molecule has 3 heterocycles. The first-order valence-corrected chi connectivity index (χ1v) is 14.6. The van der Waals surface area contributed by atoms with Gasteiger partial charge in [-0.1, -0.05) is 71.4 Å². The highest BCUT2D eigenvalue weighted by Crippen LogP contribution is 2.51. The molecule has 1 aromatic carbocycles. The summed E-state index contributed by atoms with van der Waals surface area (Å²) < 4.78 is 2.55. The van der Waals surface area contributed by atoms with Gasteiger partial charge in [0, 0.05) is 31.7 Å². The number of hydrogen-bond donors (Lipinski definition) is 0. The van der Waals surface area contributed by atoms with Gasteiger partial charge in [-0.3, -0.25) is 0 Å². The van der Waals surface area contributed by atoms with Crippen LogP contribution in [-0.2, 0) is 0 Å². The molecule has 3 aliphatic rings. The number of thiophene rings is 1. The van der Waals surface area contributed by atoms with E-state index < -0.39 is 0 Å². The topological polar surface area (TPSA) is 25.8 Å².